The molecule has 3 N–H and O–H groups in total. The molecule has 31 heavy (non-hydrogen) atoms. The predicted molar refractivity (Wildman–Crippen MR) is 114 cm³/mol. The van der Waals surface area contributed by atoms with Crippen molar-refractivity contribution in [1.82, 2.24) is 25.4 Å². The van der Waals surface area contributed by atoms with E-state index in [-0.39, 0.29) is 11.4 Å². The van der Waals surface area contributed by atoms with Crippen LogP contribution in [0, 0.1) is 5.82 Å². The molecule has 158 valence electrons. The molecular weight excluding hydrogens is 423 g/mol. The third-order valence-corrected chi connectivity index (χ3v) is 5.26. The Hall–Kier alpha value is -3.99. The minimum Gasteiger partial charge on any atom is -0.453 e. The second kappa shape index (κ2) is 8.40. The maximum Gasteiger partial charge on any atom is 0.337 e. The SMILES string of the molecule is CC(=O)NNC(=O)Nc1ccc(Oc2ccnc3cc(-c4cn(C)cn4)sc23)c(F)c1. The van der Waals surface area contributed by atoms with Crippen molar-refractivity contribution in [2.75, 3.05) is 5.32 Å². The van der Waals surface area contributed by atoms with Gasteiger partial charge in [0.25, 0.3) is 0 Å². The molecule has 0 saturated carbocycles. The van der Waals surface area contributed by atoms with Crippen LogP contribution < -0.4 is 20.9 Å². The van der Waals surface area contributed by atoms with Crippen LogP contribution in [0.3, 0.4) is 0 Å². The van der Waals surface area contributed by atoms with Crippen LogP contribution in [-0.4, -0.2) is 26.5 Å². The van der Waals surface area contributed by atoms with E-state index in [2.05, 4.69) is 26.1 Å². The summed E-state index contributed by atoms with van der Waals surface area (Å²) in [7, 11) is 1.89. The molecule has 0 bridgehead atoms. The zero-order valence-corrected chi connectivity index (χ0v) is 17.3. The van der Waals surface area contributed by atoms with Crippen LogP contribution in [0.15, 0.2) is 49.1 Å². The fraction of sp³-hybridized carbons (Fsp3) is 0.100. The van der Waals surface area contributed by atoms with Crippen LogP contribution >= 0.6 is 11.3 Å². The molecule has 0 unspecified atom stereocenters. The van der Waals surface area contributed by atoms with Crippen molar-refractivity contribution in [3.8, 4) is 22.1 Å². The summed E-state index contributed by atoms with van der Waals surface area (Å²) in [6.07, 6.45) is 5.21. The zero-order chi connectivity index (χ0) is 22.0. The van der Waals surface area contributed by atoms with E-state index in [1.165, 1.54) is 30.4 Å². The summed E-state index contributed by atoms with van der Waals surface area (Å²) in [5.41, 5.74) is 5.98. The van der Waals surface area contributed by atoms with Gasteiger partial charge in [0.15, 0.2) is 11.6 Å². The summed E-state index contributed by atoms with van der Waals surface area (Å²) in [4.78, 5) is 32.1. The smallest absolute Gasteiger partial charge is 0.337 e. The number of carbonyl (C=O) groups is 2. The molecule has 3 heterocycles. The van der Waals surface area contributed by atoms with E-state index >= 15 is 0 Å². The third kappa shape index (κ3) is 4.61. The lowest BCUT2D eigenvalue weighted by Crippen LogP contribution is -2.42. The van der Waals surface area contributed by atoms with Crippen LogP contribution in [0.25, 0.3) is 20.8 Å². The molecule has 0 fully saturated rings. The number of nitrogens with one attached hydrogen (secondary N) is 3. The van der Waals surface area contributed by atoms with Crippen LogP contribution in [0.4, 0.5) is 14.9 Å². The highest BCUT2D eigenvalue weighted by Gasteiger charge is 2.14. The molecular formula is C20H17FN6O3S. The van der Waals surface area contributed by atoms with E-state index in [0.717, 1.165) is 26.9 Å². The quantitative estimate of drug-likeness (QED) is 0.418. The lowest BCUT2D eigenvalue weighted by Gasteiger charge is -2.10. The Morgan fingerprint density at radius 3 is 2.68 bits per heavy atom. The molecule has 3 aromatic heterocycles. The Kier molecular flexibility index (Phi) is 5.50. The van der Waals surface area contributed by atoms with Crippen LogP contribution in [-0.2, 0) is 11.8 Å². The van der Waals surface area contributed by atoms with E-state index in [1.54, 1.807) is 18.6 Å². The molecule has 0 aliphatic heterocycles. The van der Waals surface area contributed by atoms with Crippen molar-refractivity contribution in [3.05, 3.63) is 54.9 Å². The largest absolute Gasteiger partial charge is 0.453 e. The number of nitrogens with zero attached hydrogens (tertiary/aromatic N) is 3. The van der Waals surface area contributed by atoms with Gasteiger partial charge in [-0.2, -0.15) is 0 Å². The monoisotopic (exact) mass is 440 g/mol. The van der Waals surface area contributed by atoms with Gasteiger partial charge in [-0.1, -0.05) is 0 Å². The van der Waals surface area contributed by atoms with Crippen molar-refractivity contribution in [3.63, 3.8) is 0 Å². The Bertz CT molecular complexity index is 1290. The van der Waals surface area contributed by atoms with Gasteiger partial charge < -0.3 is 14.6 Å². The summed E-state index contributed by atoms with van der Waals surface area (Å²) in [6, 6.07) is 6.87. The highest BCUT2D eigenvalue weighted by Crippen LogP contribution is 2.39. The number of urea groups is 1. The van der Waals surface area contributed by atoms with Gasteiger partial charge >= 0.3 is 6.03 Å². The standard InChI is InChI=1S/C20H17FN6O3S/c1-11(28)25-26-20(29)24-12-3-4-16(13(21)7-12)30-17-5-6-22-14-8-18(31-19(14)17)15-9-27(2)10-23-15/h3-10H,1-2H3,(H,25,28)(H2,24,26,29). The summed E-state index contributed by atoms with van der Waals surface area (Å²) in [6.45, 7) is 1.25. The summed E-state index contributed by atoms with van der Waals surface area (Å²) >= 11 is 1.45. The molecule has 9 nitrogen and oxygen atoms in total. The number of fused-ring (bicyclic) bond motifs is 1. The van der Waals surface area contributed by atoms with Crippen LogP contribution in [0.2, 0.25) is 0 Å². The highest BCUT2D eigenvalue weighted by atomic mass is 32.1. The van der Waals surface area contributed by atoms with Crippen molar-refractivity contribution in [2.45, 2.75) is 6.92 Å². The Labute approximate surface area is 179 Å². The molecule has 11 heteroatoms. The van der Waals surface area contributed by atoms with E-state index in [4.69, 9.17) is 4.74 Å². The van der Waals surface area contributed by atoms with Gasteiger partial charge in [-0.25, -0.2) is 19.6 Å². The lowest BCUT2D eigenvalue weighted by atomic mass is 10.3. The van der Waals surface area contributed by atoms with Crippen molar-refractivity contribution in [1.29, 1.82) is 0 Å². The Morgan fingerprint density at radius 2 is 1.97 bits per heavy atom. The van der Waals surface area contributed by atoms with Gasteiger partial charge in [-0.05, 0) is 18.2 Å². The number of aryl methyl sites for hydroxylation is 1. The first-order valence-electron chi connectivity index (χ1n) is 9.07. The number of pyridine rings is 1. The third-order valence-electron chi connectivity index (χ3n) is 4.09. The lowest BCUT2D eigenvalue weighted by molar-refractivity contribution is -0.119. The molecule has 0 radical (unpaired) electrons. The molecule has 0 aliphatic carbocycles. The van der Waals surface area contributed by atoms with Gasteiger partial charge in [-0.15, -0.1) is 11.3 Å². The van der Waals surface area contributed by atoms with E-state index in [9.17, 15) is 14.0 Å². The molecule has 0 spiro atoms. The van der Waals surface area contributed by atoms with Gasteiger partial charge in [0.2, 0.25) is 5.91 Å². The first-order chi connectivity index (χ1) is 14.9. The van der Waals surface area contributed by atoms with E-state index in [0.29, 0.717) is 5.75 Å². The van der Waals surface area contributed by atoms with Crippen LogP contribution in [0.5, 0.6) is 11.5 Å². The highest BCUT2D eigenvalue weighted by molar-refractivity contribution is 7.22. The number of rotatable bonds is 4. The molecule has 1 aromatic carbocycles. The maximum atomic E-state index is 14.6. The second-order valence-corrected chi connectivity index (χ2v) is 7.62. The fourth-order valence-electron chi connectivity index (χ4n) is 2.75. The zero-order valence-electron chi connectivity index (χ0n) is 16.5. The minimum absolute atomic E-state index is 0.00638. The number of carbonyl (C=O) groups excluding carboxylic acids is 2. The van der Waals surface area contributed by atoms with Crippen molar-refractivity contribution in [2.24, 2.45) is 7.05 Å². The van der Waals surface area contributed by atoms with Gasteiger partial charge in [-0.3, -0.25) is 15.2 Å². The summed E-state index contributed by atoms with van der Waals surface area (Å²) in [5.74, 6) is -0.648. The average molecular weight is 440 g/mol. The maximum absolute atomic E-state index is 14.6. The predicted octanol–water partition coefficient (Wildman–Crippen LogP) is 3.80. The van der Waals surface area contributed by atoms with Gasteiger partial charge in [0.1, 0.15) is 5.75 Å². The topological polar surface area (TPSA) is 110 Å². The molecule has 0 saturated heterocycles. The molecule has 4 aromatic rings. The van der Waals surface area contributed by atoms with Gasteiger partial charge in [0, 0.05) is 44.2 Å². The number of imidazole rings is 1. The number of hydrogen-bond acceptors (Lipinski definition) is 6. The number of amides is 3. The summed E-state index contributed by atoms with van der Waals surface area (Å²) in [5, 5.41) is 2.41. The normalized spacial score (nSPS) is 10.7. The number of anilines is 1. The minimum atomic E-state index is -0.709. The number of ether oxygens (including phenoxy) is 1. The number of halogens is 1. The number of thiophene rings is 1. The van der Waals surface area contributed by atoms with Crippen LogP contribution in [0.1, 0.15) is 6.92 Å². The number of aromatic nitrogens is 3. The first kappa shape index (κ1) is 20.3. The Balaban J connectivity index is 1.54. The molecule has 3 amide bonds. The fourth-order valence-corrected chi connectivity index (χ4v) is 3.78. The Morgan fingerprint density at radius 1 is 1.13 bits per heavy atom. The van der Waals surface area contributed by atoms with E-state index < -0.39 is 17.8 Å². The number of benzene rings is 1. The average Bonchev–Trinajstić information content (AvgIpc) is 3.35. The second-order valence-electron chi connectivity index (χ2n) is 6.57. The van der Waals surface area contributed by atoms with Gasteiger partial charge in [0.05, 0.1) is 27.1 Å². The number of hydrazine groups is 1. The molecule has 4 rings (SSSR count). The van der Waals surface area contributed by atoms with E-state index in [1.807, 2.05) is 23.9 Å². The van der Waals surface area contributed by atoms with Crippen molar-refractivity contribution >= 4 is 39.2 Å². The van der Waals surface area contributed by atoms with Crippen molar-refractivity contribution < 1.29 is 18.7 Å². The molecule has 0 atom stereocenters. The summed E-state index contributed by atoms with van der Waals surface area (Å²) < 4.78 is 23.0. The number of hydrogen-bond donors (Lipinski definition) is 3. The molecule has 0 aliphatic rings. The first-order valence-corrected chi connectivity index (χ1v) is 9.88.